The number of carbonyl (C=O) groups is 1. The molecule has 0 unspecified atom stereocenters. The van der Waals surface area contributed by atoms with Crippen molar-refractivity contribution >= 4 is 38.9 Å². The Labute approximate surface area is 132 Å². The van der Waals surface area contributed by atoms with E-state index in [2.05, 4.69) is 38.3 Å². The van der Waals surface area contributed by atoms with E-state index in [1.807, 2.05) is 12.1 Å². The van der Waals surface area contributed by atoms with Gasteiger partial charge in [0.1, 0.15) is 0 Å². The van der Waals surface area contributed by atoms with E-state index in [1.54, 1.807) is 18.2 Å². The van der Waals surface area contributed by atoms with Gasteiger partial charge in [-0.15, -0.1) is 0 Å². The molecule has 21 heavy (non-hydrogen) atoms. The van der Waals surface area contributed by atoms with Crippen LogP contribution in [0.2, 0.25) is 0 Å². The molecule has 108 valence electrons. The average molecular weight is 346 g/mol. The smallest absolute Gasteiger partial charge is 0.243 e. The number of para-hydroxylation sites is 1. The SMILES string of the molecule is Nc1ccc(NC(=O)CN2CCc3ccccc32)c(Br)c1. The van der Waals surface area contributed by atoms with Gasteiger partial charge in [0.2, 0.25) is 5.91 Å². The second kappa shape index (κ2) is 5.77. The molecule has 2 aromatic carbocycles. The monoisotopic (exact) mass is 345 g/mol. The summed E-state index contributed by atoms with van der Waals surface area (Å²) in [5.41, 5.74) is 9.55. The van der Waals surface area contributed by atoms with Gasteiger partial charge >= 0.3 is 0 Å². The number of hydrogen-bond acceptors (Lipinski definition) is 3. The Morgan fingerprint density at radius 2 is 2.10 bits per heavy atom. The van der Waals surface area contributed by atoms with Crippen LogP contribution in [0.4, 0.5) is 17.1 Å². The minimum atomic E-state index is -0.0304. The standard InChI is InChI=1S/C16H16BrN3O/c17-13-9-12(18)5-6-14(13)19-16(21)10-20-8-7-11-3-1-2-4-15(11)20/h1-6,9H,7-8,10,18H2,(H,19,21). The summed E-state index contributed by atoms with van der Waals surface area (Å²) < 4.78 is 0.790. The third-order valence-electron chi connectivity index (χ3n) is 3.59. The lowest BCUT2D eigenvalue weighted by atomic mass is 10.2. The minimum Gasteiger partial charge on any atom is -0.399 e. The van der Waals surface area contributed by atoms with Gasteiger partial charge in [0.15, 0.2) is 0 Å². The van der Waals surface area contributed by atoms with Crippen LogP contribution in [0.3, 0.4) is 0 Å². The van der Waals surface area contributed by atoms with Crippen molar-refractivity contribution in [2.75, 3.05) is 29.0 Å². The van der Waals surface area contributed by atoms with Crippen LogP contribution in [0, 0.1) is 0 Å². The Morgan fingerprint density at radius 3 is 2.90 bits per heavy atom. The van der Waals surface area contributed by atoms with Gasteiger partial charge in [0.25, 0.3) is 0 Å². The number of amides is 1. The lowest BCUT2D eigenvalue weighted by Gasteiger charge is -2.19. The molecule has 0 atom stereocenters. The molecule has 0 bridgehead atoms. The highest BCUT2D eigenvalue weighted by Gasteiger charge is 2.20. The van der Waals surface area contributed by atoms with Crippen LogP contribution >= 0.6 is 15.9 Å². The first-order valence-electron chi connectivity index (χ1n) is 6.81. The second-order valence-electron chi connectivity index (χ2n) is 5.09. The van der Waals surface area contributed by atoms with Crippen molar-refractivity contribution in [3.05, 3.63) is 52.5 Å². The molecule has 0 aliphatic carbocycles. The summed E-state index contributed by atoms with van der Waals surface area (Å²) in [5.74, 6) is -0.0304. The normalized spacial score (nSPS) is 13.1. The molecule has 0 radical (unpaired) electrons. The molecule has 1 heterocycles. The topological polar surface area (TPSA) is 58.4 Å². The number of nitrogens with two attached hydrogens (primary N) is 1. The van der Waals surface area contributed by atoms with E-state index in [0.29, 0.717) is 12.2 Å². The lowest BCUT2D eigenvalue weighted by Crippen LogP contribution is -2.31. The van der Waals surface area contributed by atoms with Gasteiger partial charge in [-0.25, -0.2) is 0 Å². The number of anilines is 3. The van der Waals surface area contributed by atoms with Crippen LogP contribution < -0.4 is 16.0 Å². The molecule has 0 saturated carbocycles. The van der Waals surface area contributed by atoms with Crippen LogP contribution in [-0.2, 0) is 11.2 Å². The molecule has 1 amide bonds. The number of nitrogens with one attached hydrogen (secondary N) is 1. The van der Waals surface area contributed by atoms with Crippen molar-refractivity contribution in [1.82, 2.24) is 0 Å². The van der Waals surface area contributed by atoms with Gasteiger partial charge in [0, 0.05) is 22.4 Å². The second-order valence-corrected chi connectivity index (χ2v) is 5.94. The molecule has 3 rings (SSSR count). The van der Waals surface area contributed by atoms with Gasteiger partial charge in [-0.2, -0.15) is 0 Å². The Bertz CT molecular complexity index is 687. The highest BCUT2D eigenvalue weighted by Crippen LogP contribution is 2.28. The molecule has 0 fully saturated rings. The Hall–Kier alpha value is -2.01. The first-order chi connectivity index (χ1) is 10.1. The first-order valence-corrected chi connectivity index (χ1v) is 7.60. The van der Waals surface area contributed by atoms with Gasteiger partial charge < -0.3 is 16.0 Å². The van der Waals surface area contributed by atoms with E-state index in [9.17, 15) is 4.79 Å². The number of halogens is 1. The molecule has 1 aliphatic rings. The Kier molecular flexibility index (Phi) is 3.84. The summed E-state index contributed by atoms with van der Waals surface area (Å²) in [6.07, 6.45) is 0.995. The number of hydrogen-bond donors (Lipinski definition) is 2. The molecule has 0 saturated heterocycles. The van der Waals surface area contributed by atoms with Gasteiger partial charge in [-0.05, 0) is 52.2 Å². The highest BCUT2D eigenvalue weighted by atomic mass is 79.9. The van der Waals surface area contributed by atoms with Crippen molar-refractivity contribution in [3.63, 3.8) is 0 Å². The fourth-order valence-corrected chi connectivity index (χ4v) is 3.06. The zero-order valence-corrected chi connectivity index (χ0v) is 13.1. The molecule has 2 aromatic rings. The van der Waals surface area contributed by atoms with E-state index < -0.39 is 0 Å². The van der Waals surface area contributed by atoms with Crippen LogP contribution in [0.25, 0.3) is 0 Å². The fraction of sp³-hybridized carbons (Fsp3) is 0.188. The summed E-state index contributed by atoms with van der Waals surface area (Å²) >= 11 is 3.41. The van der Waals surface area contributed by atoms with Crippen molar-refractivity contribution in [2.24, 2.45) is 0 Å². The fourth-order valence-electron chi connectivity index (χ4n) is 2.57. The summed E-state index contributed by atoms with van der Waals surface area (Å²) in [7, 11) is 0. The average Bonchev–Trinajstić information content (AvgIpc) is 2.85. The number of rotatable bonds is 3. The molecular weight excluding hydrogens is 330 g/mol. The van der Waals surface area contributed by atoms with Crippen LogP contribution in [0.15, 0.2) is 46.9 Å². The van der Waals surface area contributed by atoms with E-state index in [-0.39, 0.29) is 5.91 Å². The number of benzene rings is 2. The van der Waals surface area contributed by atoms with Crippen LogP contribution in [0.5, 0.6) is 0 Å². The molecular formula is C16H16BrN3O. The summed E-state index contributed by atoms with van der Waals surface area (Å²) in [5, 5.41) is 2.91. The maximum atomic E-state index is 12.2. The number of fused-ring (bicyclic) bond motifs is 1. The van der Waals surface area contributed by atoms with E-state index in [1.165, 1.54) is 5.56 Å². The maximum absolute atomic E-state index is 12.2. The first kappa shape index (κ1) is 13.9. The van der Waals surface area contributed by atoms with Crippen LogP contribution in [-0.4, -0.2) is 19.0 Å². The molecule has 3 N–H and O–H groups in total. The maximum Gasteiger partial charge on any atom is 0.243 e. The van der Waals surface area contributed by atoms with E-state index >= 15 is 0 Å². The van der Waals surface area contributed by atoms with Crippen molar-refractivity contribution in [2.45, 2.75) is 6.42 Å². The lowest BCUT2D eigenvalue weighted by molar-refractivity contribution is -0.115. The summed E-state index contributed by atoms with van der Waals surface area (Å²) in [6.45, 7) is 1.24. The number of nitrogen functional groups attached to an aromatic ring is 1. The number of nitrogens with zero attached hydrogens (tertiary/aromatic N) is 1. The third kappa shape index (κ3) is 3.03. The van der Waals surface area contributed by atoms with Gasteiger partial charge in [-0.3, -0.25) is 4.79 Å². The highest BCUT2D eigenvalue weighted by molar-refractivity contribution is 9.10. The van der Waals surface area contributed by atoms with Crippen molar-refractivity contribution < 1.29 is 4.79 Å². The van der Waals surface area contributed by atoms with Crippen LogP contribution in [0.1, 0.15) is 5.56 Å². The zero-order valence-electron chi connectivity index (χ0n) is 11.5. The predicted octanol–water partition coefficient (Wildman–Crippen LogP) is 3.03. The van der Waals surface area contributed by atoms with Gasteiger partial charge in [0.05, 0.1) is 12.2 Å². The Morgan fingerprint density at radius 1 is 1.29 bits per heavy atom. The molecule has 0 spiro atoms. The zero-order chi connectivity index (χ0) is 14.8. The van der Waals surface area contributed by atoms with E-state index in [4.69, 9.17) is 5.73 Å². The largest absolute Gasteiger partial charge is 0.399 e. The van der Waals surface area contributed by atoms with Crippen molar-refractivity contribution in [1.29, 1.82) is 0 Å². The molecule has 5 heteroatoms. The van der Waals surface area contributed by atoms with E-state index in [0.717, 1.165) is 28.8 Å². The molecule has 0 aromatic heterocycles. The minimum absolute atomic E-state index is 0.0304. The summed E-state index contributed by atoms with van der Waals surface area (Å²) in [6, 6.07) is 13.6. The number of carbonyl (C=O) groups excluding carboxylic acids is 1. The third-order valence-corrected chi connectivity index (χ3v) is 4.24. The van der Waals surface area contributed by atoms with Gasteiger partial charge in [-0.1, -0.05) is 18.2 Å². The summed E-state index contributed by atoms with van der Waals surface area (Å²) in [4.78, 5) is 14.3. The quantitative estimate of drug-likeness (QED) is 0.840. The molecule has 4 nitrogen and oxygen atoms in total. The predicted molar refractivity (Wildman–Crippen MR) is 89.5 cm³/mol. The Balaban J connectivity index is 1.68. The van der Waals surface area contributed by atoms with Crippen molar-refractivity contribution in [3.8, 4) is 0 Å². The molecule has 1 aliphatic heterocycles.